The molecule has 8 heteroatoms. The summed E-state index contributed by atoms with van der Waals surface area (Å²) < 4.78 is 5.32. The Labute approximate surface area is 216 Å². The third-order valence-electron chi connectivity index (χ3n) is 5.64. The van der Waals surface area contributed by atoms with Crippen LogP contribution in [0.2, 0.25) is 10.0 Å². The smallest absolute Gasteiger partial charge is 0.257 e. The average Bonchev–Trinajstić information content (AvgIpc) is 3.43. The van der Waals surface area contributed by atoms with Gasteiger partial charge in [0.05, 0.1) is 10.7 Å². The zero-order valence-electron chi connectivity index (χ0n) is 18.8. The van der Waals surface area contributed by atoms with Crippen LogP contribution >= 0.6 is 35.0 Å². The first-order valence-corrected chi connectivity index (χ1v) is 12.8. The molecule has 0 aliphatic rings. The second kappa shape index (κ2) is 10.2. The summed E-state index contributed by atoms with van der Waals surface area (Å²) in [6.07, 6.45) is 0. The molecule has 0 unspecified atom stereocenters. The van der Waals surface area contributed by atoms with Gasteiger partial charge in [-0.25, -0.2) is 0 Å². The van der Waals surface area contributed by atoms with E-state index in [0.717, 1.165) is 27.1 Å². The Balaban J connectivity index is 1.32. The van der Waals surface area contributed by atoms with Gasteiger partial charge in [0.2, 0.25) is 0 Å². The number of nitrogens with zero attached hydrogens (tertiary/aromatic N) is 1. The lowest BCUT2D eigenvalue weighted by atomic mass is 10.1. The van der Waals surface area contributed by atoms with Crippen LogP contribution in [0, 0.1) is 6.92 Å². The summed E-state index contributed by atoms with van der Waals surface area (Å²) >= 11 is 14.1. The molecule has 5 rings (SSSR count). The van der Waals surface area contributed by atoms with Gasteiger partial charge in [-0.2, -0.15) is 0 Å². The number of H-pyrrole nitrogens is 1. The molecule has 0 radical (unpaired) electrons. The van der Waals surface area contributed by atoms with Crippen molar-refractivity contribution in [3.63, 3.8) is 0 Å². The molecule has 0 saturated heterocycles. The van der Waals surface area contributed by atoms with Crippen LogP contribution in [-0.4, -0.2) is 28.3 Å². The SMILES string of the molecule is Cc1onc(-c2ccccc2Cl)c1C(=O)NCCSc1c(-c2ccc(Cl)cc2)[nH]c2ccccc12. The van der Waals surface area contributed by atoms with E-state index < -0.39 is 0 Å². The van der Waals surface area contributed by atoms with Crippen molar-refractivity contribution in [1.82, 2.24) is 15.5 Å². The van der Waals surface area contributed by atoms with Gasteiger partial charge >= 0.3 is 0 Å². The summed E-state index contributed by atoms with van der Waals surface area (Å²) in [5, 5.41) is 9.44. The fourth-order valence-corrected chi connectivity index (χ4v) is 5.37. The third kappa shape index (κ3) is 4.82. The minimum atomic E-state index is -0.240. The van der Waals surface area contributed by atoms with Gasteiger partial charge in [-0.3, -0.25) is 4.79 Å². The van der Waals surface area contributed by atoms with Crippen LogP contribution in [0.1, 0.15) is 16.1 Å². The summed E-state index contributed by atoms with van der Waals surface area (Å²) in [5.74, 6) is 0.891. The van der Waals surface area contributed by atoms with Gasteiger partial charge in [0, 0.05) is 38.7 Å². The molecule has 35 heavy (non-hydrogen) atoms. The number of rotatable bonds is 7. The number of fused-ring (bicyclic) bond motifs is 1. The number of nitrogens with one attached hydrogen (secondary N) is 2. The fourth-order valence-electron chi connectivity index (χ4n) is 3.97. The molecule has 0 fully saturated rings. The number of aryl methyl sites for hydroxylation is 1. The van der Waals surface area contributed by atoms with Crippen molar-refractivity contribution >= 4 is 51.8 Å². The lowest BCUT2D eigenvalue weighted by Crippen LogP contribution is -2.26. The number of para-hydroxylation sites is 1. The van der Waals surface area contributed by atoms with E-state index in [0.29, 0.717) is 44.9 Å². The largest absolute Gasteiger partial charge is 0.360 e. The van der Waals surface area contributed by atoms with E-state index in [1.807, 2.05) is 54.6 Å². The van der Waals surface area contributed by atoms with Crippen LogP contribution in [-0.2, 0) is 0 Å². The van der Waals surface area contributed by atoms with Crippen molar-refractivity contribution in [1.29, 1.82) is 0 Å². The second-order valence-electron chi connectivity index (χ2n) is 7.93. The molecule has 0 atom stereocenters. The predicted molar refractivity (Wildman–Crippen MR) is 143 cm³/mol. The quantitative estimate of drug-likeness (QED) is 0.170. The van der Waals surface area contributed by atoms with Crippen LogP contribution < -0.4 is 5.32 Å². The molecule has 0 aliphatic heterocycles. The molecule has 2 aromatic heterocycles. The van der Waals surface area contributed by atoms with E-state index in [4.69, 9.17) is 27.7 Å². The highest BCUT2D eigenvalue weighted by molar-refractivity contribution is 7.99. The summed E-state index contributed by atoms with van der Waals surface area (Å²) in [5.41, 5.74) is 4.67. The second-order valence-corrected chi connectivity index (χ2v) is 9.88. The Morgan fingerprint density at radius 2 is 1.77 bits per heavy atom. The zero-order valence-corrected chi connectivity index (χ0v) is 21.1. The maximum atomic E-state index is 13.0. The van der Waals surface area contributed by atoms with Crippen molar-refractivity contribution in [3.8, 4) is 22.5 Å². The van der Waals surface area contributed by atoms with Crippen LogP contribution in [0.25, 0.3) is 33.4 Å². The summed E-state index contributed by atoms with van der Waals surface area (Å²) in [6.45, 7) is 2.19. The number of halogens is 2. The standard InChI is InChI=1S/C27H21Cl2N3O2S/c1-16-23(25(32-34-16)19-6-2-4-8-21(19)29)27(33)30-14-15-35-26-20-7-3-5-9-22(20)31-24(26)17-10-12-18(28)13-11-17/h2-13,31H,14-15H2,1H3,(H,30,33). The highest BCUT2D eigenvalue weighted by Gasteiger charge is 2.23. The Bertz CT molecular complexity index is 1510. The topological polar surface area (TPSA) is 70.9 Å². The zero-order chi connectivity index (χ0) is 24.4. The lowest BCUT2D eigenvalue weighted by Gasteiger charge is -2.08. The summed E-state index contributed by atoms with van der Waals surface area (Å²) in [6, 6.07) is 23.2. The van der Waals surface area contributed by atoms with Crippen molar-refractivity contribution < 1.29 is 9.32 Å². The number of amides is 1. The number of hydrogen-bond acceptors (Lipinski definition) is 4. The van der Waals surface area contributed by atoms with Gasteiger partial charge < -0.3 is 14.8 Å². The molecule has 2 N–H and O–H groups in total. The maximum Gasteiger partial charge on any atom is 0.257 e. The number of aromatic amines is 1. The normalized spacial score (nSPS) is 11.2. The molecule has 3 aromatic carbocycles. The number of aromatic nitrogens is 2. The van der Waals surface area contributed by atoms with E-state index in [2.05, 4.69) is 27.6 Å². The molecular weight excluding hydrogens is 501 g/mol. The fraction of sp³-hybridized carbons (Fsp3) is 0.111. The Kier molecular flexibility index (Phi) is 6.86. The van der Waals surface area contributed by atoms with Gasteiger partial charge in [0.1, 0.15) is 17.0 Å². The summed E-state index contributed by atoms with van der Waals surface area (Å²) in [7, 11) is 0. The average molecular weight is 522 g/mol. The predicted octanol–water partition coefficient (Wildman–Crippen LogP) is 7.63. The molecule has 1 amide bonds. The van der Waals surface area contributed by atoms with E-state index in [1.165, 1.54) is 0 Å². The number of carbonyl (C=O) groups excluding carboxylic acids is 1. The van der Waals surface area contributed by atoms with Crippen molar-refractivity contribution in [3.05, 3.63) is 94.2 Å². The Hall–Kier alpha value is -3.19. The summed E-state index contributed by atoms with van der Waals surface area (Å²) in [4.78, 5) is 17.7. The first-order valence-electron chi connectivity index (χ1n) is 11.0. The van der Waals surface area contributed by atoms with Crippen molar-refractivity contribution in [2.75, 3.05) is 12.3 Å². The maximum absolute atomic E-state index is 13.0. The third-order valence-corrected chi connectivity index (χ3v) is 7.35. The lowest BCUT2D eigenvalue weighted by molar-refractivity contribution is 0.0955. The van der Waals surface area contributed by atoms with Gasteiger partial charge in [-0.1, -0.05) is 76.9 Å². The Morgan fingerprint density at radius 3 is 2.57 bits per heavy atom. The van der Waals surface area contributed by atoms with E-state index >= 15 is 0 Å². The van der Waals surface area contributed by atoms with Crippen LogP contribution in [0.4, 0.5) is 0 Å². The molecule has 5 nitrogen and oxygen atoms in total. The molecular formula is C27H21Cl2N3O2S. The minimum Gasteiger partial charge on any atom is -0.360 e. The minimum absolute atomic E-state index is 0.240. The van der Waals surface area contributed by atoms with Crippen LogP contribution in [0.3, 0.4) is 0 Å². The monoisotopic (exact) mass is 521 g/mol. The molecule has 5 aromatic rings. The number of benzene rings is 3. The first kappa shape index (κ1) is 23.5. The molecule has 0 bridgehead atoms. The number of thioether (sulfide) groups is 1. The van der Waals surface area contributed by atoms with Crippen molar-refractivity contribution in [2.24, 2.45) is 0 Å². The number of carbonyl (C=O) groups is 1. The number of hydrogen-bond donors (Lipinski definition) is 2. The van der Waals surface area contributed by atoms with Gasteiger partial charge in [0.25, 0.3) is 5.91 Å². The molecule has 0 aliphatic carbocycles. The van der Waals surface area contributed by atoms with Crippen LogP contribution in [0.15, 0.2) is 82.2 Å². The van der Waals surface area contributed by atoms with E-state index in [-0.39, 0.29) is 5.91 Å². The molecule has 0 saturated carbocycles. The Morgan fingerprint density at radius 1 is 1.03 bits per heavy atom. The molecule has 2 heterocycles. The first-order chi connectivity index (χ1) is 17.0. The molecule has 176 valence electrons. The highest BCUT2D eigenvalue weighted by Crippen LogP contribution is 2.38. The van der Waals surface area contributed by atoms with Gasteiger partial charge in [-0.15, -0.1) is 11.8 Å². The van der Waals surface area contributed by atoms with Gasteiger partial charge in [0.15, 0.2) is 0 Å². The van der Waals surface area contributed by atoms with Gasteiger partial charge in [-0.05, 0) is 36.8 Å². The highest BCUT2D eigenvalue weighted by atomic mass is 35.5. The van der Waals surface area contributed by atoms with E-state index in [1.54, 1.807) is 24.8 Å². The molecule has 0 spiro atoms. The van der Waals surface area contributed by atoms with Crippen molar-refractivity contribution in [2.45, 2.75) is 11.8 Å². The van der Waals surface area contributed by atoms with E-state index in [9.17, 15) is 4.79 Å². The van der Waals surface area contributed by atoms with Crippen LogP contribution in [0.5, 0.6) is 0 Å².